The largest absolute Gasteiger partial charge is 0.241 e. The number of nitrogens with one attached hydrogen (secondary N) is 1. The third-order valence-corrected chi connectivity index (χ3v) is 4.98. The first-order valence-electron chi connectivity index (χ1n) is 5.65. The van der Waals surface area contributed by atoms with E-state index in [9.17, 15) is 8.42 Å². The Morgan fingerprint density at radius 1 is 1.29 bits per heavy atom. The molecule has 0 fully saturated rings. The Morgan fingerprint density at radius 3 is 2.24 bits per heavy atom. The number of sulfonamides is 1. The second kappa shape index (κ2) is 5.55. The highest BCUT2D eigenvalue weighted by molar-refractivity contribution is 7.90. The van der Waals surface area contributed by atoms with E-state index < -0.39 is 15.3 Å². The van der Waals surface area contributed by atoms with Crippen LogP contribution in [0, 0.1) is 0 Å². The van der Waals surface area contributed by atoms with Crippen LogP contribution in [0.25, 0.3) is 0 Å². The van der Waals surface area contributed by atoms with Gasteiger partial charge in [0.25, 0.3) is 0 Å². The van der Waals surface area contributed by atoms with Gasteiger partial charge < -0.3 is 0 Å². The van der Waals surface area contributed by atoms with Gasteiger partial charge in [0.2, 0.25) is 10.0 Å². The molecule has 1 heterocycles. The first-order valence-corrected chi connectivity index (χ1v) is 7.20. The van der Waals surface area contributed by atoms with Gasteiger partial charge in [-0.1, -0.05) is 13.8 Å². The summed E-state index contributed by atoms with van der Waals surface area (Å²) in [5, 5.41) is -0.556. The average molecular weight is 257 g/mol. The number of aryl methyl sites for hydroxylation is 1. The summed E-state index contributed by atoms with van der Waals surface area (Å²) in [5.41, 5.74) is 1.05. The molecule has 2 atom stereocenters. The molecule has 0 aliphatic heterocycles. The normalized spacial score (nSPS) is 15.5. The van der Waals surface area contributed by atoms with Crippen molar-refractivity contribution in [3.8, 4) is 0 Å². The third-order valence-electron chi connectivity index (χ3n) is 3.02. The lowest BCUT2D eigenvalue weighted by Crippen LogP contribution is -2.33. The predicted octanol–water partition coefficient (Wildman–Crippen LogP) is 1.08. The van der Waals surface area contributed by atoms with E-state index in [-0.39, 0.29) is 5.92 Å². The summed E-state index contributed by atoms with van der Waals surface area (Å²) in [6.07, 6.45) is 4.37. The number of aromatic nitrogens is 2. The standard InChI is InChI=1S/C11H19N3O2S/c1-5-10-6-13-11(14-7-10)8(2)9(3)17(15,16)12-4/h6-9,12H,5H2,1-4H3/t8-,9-/m0/s1. The molecule has 0 aromatic carbocycles. The van der Waals surface area contributed by atoms with Gasteiger partial charge in [-0.3, -0.25) is 0 Å². The van der Waals surface area contributed by atoms with Crippen molar-refractivity contribution in [2.75, 3.05) is 7.05 Å². The van der Waals surface area contributed by atoms with E-state index in [2.05, 4.69) is 14.7 Å². The predicted molar refractivity (Wildman–Crippen MR) is 67.3 cm³/mol. The Hall–Kier alpha value is -1.01. The lowest BCUT2D eigenvalue weighted by atomic mass is 10.1. The van der Waals surface area contributed by atoms with E-state index in [4.69, 9.17) is 0 Å². The van der Waals surface area contributed by atoms with Crippen molar-refractivity contribution in [1.29, 1.82) is 0 Å². The van der Waals surface area contributed by atoms with E-state index in [0.29, 0.717) is 5.82 Å². The number of nitrogens with zero attached hydrogens (tertiary/aromatic N) is 2. The van der Waals surface area contributed by atoms with Gasteiger partial charge in [-0.25, -0.2) is 23.1 Å². The molecule has 1 rings (SSSR count). The zero-order valence-electron chi connectivity index (χ0n) is 10.6. The van der Waals surface area contributed by atoms with Crippen LogP contribution in [0.1, 0.15) is 38.1 Å². The fourth-order valence-corrected chi connectivity index (χ4v) is 2.48. The molecular formula is C11H19N3O2S. The first kappa shape index (κ1) is 14.1. The maximum atomic E-state index is 11.7. The second-order valence-electron chi connectivity index (χ2n) is 4.05. The van der Waals surface area contributed by atoms with E-state index >= 15 is 0 Å². The van der Waals surface area contributed by atoms with Gasteiger partial charge in [0, 0.05) is 18.3 Å². The topological polar surface area (TPSA) is 72.0 Å². The SMILES string of the molecule is CCc1cnc([C@@H](C)[C@H](C)S(=O)(=O)NC)nc1. The molecule has 0 aliphatic rings. The lowest BCUT2D eigenvalue weighted by molar-refractivity contribution is 0.555. The minimum Gasteiger partial charge on any atom is -0.241 e. The van der Waals surface area contributed by atoms with E-state index in [1.807, 2.05) is 13.8 Å². The Bertz CT molecular complexity index is 456. The molecule has 0 bridgehead atoms. The summed E-state index contributed by atoms with van der Waals surface area (Å²) in [7, 11) is -1.88. The van der Waals surface area contributed by atoms with E-state index in [0.717, 1.165) is 12.0 Å². The van der Waals surface area contributed by atoms with E-state index in [1.54, 1.807) is 19.3 Å². The lowest BCUT2D eigenvalue weighted by Gasteiger charge is -2.18. The molecule has 5 nitrogen and oxygen atoms in total. The fraction of sp³-hybridized carbons (Fsp3) is 0.636. The molecule has 96 valence electrons. The van der Waals surface area contributed by atoms with Crippen LogP contribution in [0.3, 0.4) is 0 Å². The van der Waals surface area contributed by atoms with Gasteiger partial charge in [-0.2, -0.15) is 0 Å². The van der Waals surface area contributed by atoms with Crippen molar-refractivity contribution >= 4 is 10.0 Å². The Morgan fingerprint density at radius 2 is 1.82 bits per heavy atom. The minimum absolute atomic E-state index is 0.238. The summed E-state index contributed by atoms with van der Waals surface area (Å²) >= 11 is 0. The molecule has 0 unspecified atom stereocenters. The van der Waals surface area contributed by atoms with Crippen LogP contribution >= 0.6 is 0 Å². The van der Waals surface area contributed by atoms with E-state index in [1.165, 1.54) is 7.05 Å². The zero-order chi connectivity index (χ0) is 13.1. The van der Waals surface area contributed by atoms with Crippen molar-refractivity contribution in [2.24, 2.45) is 0 Å². The van der Waals surface area contributed by atoms with Gasteiger partial charge in [0.1, 0.15) is 5.82 Å². The highest BCUT2D eigenvalue weighted by Gasteiger charge is 2.27. The highest BCUT2D eigenvalue weighted by Crippen LogP contribution is 2.20. The van der Waals surface area contributed by atoms with Crippen molar-refractivity contribution in [2.45, 2.75) is 38.4 Å². The van der Waals surface area contributed by atoms with Crippen molar-refractivity contribution in [3.63, 3.8) is 0 Å². The zero-order valence-corrected chi connectivity index (χ0v) is 11.5. The molecule has 17 heavy (non-hydrogen) atoms. The molecule has 1 aromatic heterocycles. The van der Waals surface area contributed by atoms with Crippen LogP contribution in [0.4, 0.5) is 0 Å². The maximum Gasteiger partial charge on any atom is 0.214 e. The summed E-state index contributed by atoms with van der Waals surface area (Å²) in [6, 6.07) is 0. The van der Waals surface area contributed by atoms with Gasteiger partial charge in [-0.05, 0) is 26.0 Å². The Balaban J connectivity index is 2.92. The second-order valence-corrected chi connectivity index (χ2v) is 6.29. The molecule has 0 amide bonds. The van der Waals surface area contributed by atoms with Gasteiger partial charge in [-0.15, -0.1) is 0 Å². The molecule has 0 radical (unpaired) electrons. The van der Waals surface area contributed by atoms with Crippen LogP contribution in [0.15, 0.2) is 12.4 Å². The van der Waals surface area contributed by atoms with Gasteiger partial charge >= 0.3 is 0 Å². The molecule has 0 saturated heterocycles. The minimum atomic E-state index is -3.29. The monoisotopic (exact) mass is 257 g/mol. The summed E-state index contributed by atoms with van der Waals surface area (Å²) in [4.78, 5) is 8.43. The van der Waals surface area contributed by atoms with Gasteiger partial charge in [0.05, 0.1) is 5.25 Å². The smallest absolute Gasteiger partial charge is 0.214 e. The maximum absolute atomic E-state index is 11.7. The molecule has 1 aromatic rings. The van der Waals surface area contributed by atoms with Crippen molar-refractivity contribution < 1.29 is 8.42 Å². The molecule has 0 spiro atoms. The quantitative estimate of drug-likeness (QED) is 0.856. The van der Waals surface area contributed by atoms with Crippen molar-refractivity contribution in [3.05, 3.63) is 23.8 Å². The molecule has 1 N–H and O–H groups in total. The fourth-order valence-electron chi connectivity index (χ4n) is 1.45. The van der Waals surface area contributed by atoms with Crippen molar-refractivity contribution in [1.82, 2.24) is 14.7 Å². The summed E-state index contributed by atoms with van der Waals surface area (Å²) in [5.74, 6) is 0.326. The average Bonchev–Trinajstić information content (AvgIpc) is 2.37. The van der Waals surface area contributed by atoms with Gasteiger partial charge in [0.15, 0.2) is 0 Å². The molecule has 6 heteroatoms. The number of rotatable bonds is 5. The molecule has 0 saturated carbocycles. The Labute approximate surface area is 103 Å². The Kier molecular flexibility index (Phi) is 4.59. The molecular weight excluding hydrogens is 238 g/mol. The van der Waals surface area contributed by atoms with Crippen LogP contribution in [0.5, 0.6) is 0 Å². The third kappa shape index (κ3) is 3.23. The van der Waals surface area contributed by atoms with Crippen LogP contribution in [-0.2, 0) is 16.4 Å². The first-order chi connectivity index (χ1) is 7.92. The van der Waals surface area contributed by atoms with Crippen LogP contribution in [0.2, 0.25) is 0 Å². The summed E-state index contributed by atoms with van der Waals surface area (Å²) in [6.45, 7) is 5.50. The highest BCUT2D eigenvalue weighted by atomic mass is 32.2. The van der Waals surface area contributed by atoms with Crippen LogP contribution < -0.4 is 4.72 Å². The van der Waals surface area contributed by atoms with Crippen LogP contribution in [-0.4, -0.2) is 30.7 Å². The molecule has 0 aliphatic carbocycles. The number of hydrogen-bond donors (Lipinski definition) is 1. The summed E-state index contributed by atoms with van der Waals surface area (Å²) < 4.78 is 25.7. The number of hydrogen-bond acceptors (Lipinski definition) is 4.